The Morgan fingerprint density at radius 1 is 0.745 bits per heavy atom. The monoisotopic (exact) mass is 663 g/mol. The van der Waals surface area contributed by atoms with Crippen LogP contribution in [0.2, 0.25) is 0 Å². The number of rotatable bonds is 5. The fourth-order valence-electron chi connectivity index (χ4n) is 3.26. The number of fused-ring (bicyclic) bond motifs is 1. The Balaban J connectivity index is 0.000000459. The van der Waals surface area contributed by atoms with E-state index >= 15 is 0 Å². The van der Waals surface area contributed by atoms with E-state index in [0.29, 0.717) is 17.1 Å². The minimum absolute atomic E-state index is 0.232. The lowest BCUT2D eigenvalue weighted by Crippen LogP contribution is -2.21. The maximum atomic E-state index is 12.5. The lowest BCUT2D eigenvalue weighted by molar-refractivity contribution is -0.193. The third kappa shape index (κ3) is 12.4. The number of carbonyl (C=O) groups excluding carboxylic acids is 2. The van der Waals surface area contributed by atoms with Crippen molar-refractivity contribution in [2.24, 2.45) is 0 Å². The molecule has 0 unspecified atom stereocenters. The number of nitrogens with zero attached hydrogens (tertiary/aromatic N) is 2. The predicted molar refractivity (Wildman–Crippen MR) is 158 cm³/mol. The number of nitrogens with one attached hydrogen (secondary N) is 3. The van der Waals surface area contributed by atoms with Gasteiger partial charge in [0.05, 0.1) is 5.52 Å². The maximum absolute atomic E-state index is 12.5. The van der Waals surface area contributed by atoms with Crippen molar-refractivity contribution in [1.82, 2.24) is 9.97 Å². The molecule has 2 heterocycles. The van der Waals surface area contributed by atoms with Gasteiger partial charge in [0.25, 0.3) is 11.8 Å². The smallest absolute Gasteiger partial charge is 0.475 e. The molecule has 5 N–H and O–H groups in total. The molecule has 2 aromatic heterocycles. The van der Waals surface area contributed by atoms with Crippen LogP contribution < -0.4 is 16.0 Å². The van der Waals surface area contributed by atoms with Gasteiger partial charge in [0.1, 0.15) is 5.82 Å². The van der Waals surface area contributed by atoms with E-state index in [9.17, 15) is 35.9 Å². The minimum Gasteiger partial charge on any atom is -0.475 e. The van der Waals surface area contributed by atoms with Gasteiger partial charge >= 0.3 is 24.3 Å². The van der Waals surface area contributed by atoms with Crippen molar-refractivity contribution in [1.29, 1.82) is 0 Å². The molecule has 0 saturated carbocycles. The van der Waals surface area contributed by atoms with E-state index < -0.39 is 24.3 Å². The molecule has 0 fully saturated rings. The van der Waals surface area contributed by atoms with Crippen molar-refractivity contribution < 1.29 is 55.7 Å². The molecule has 0 radical (unpaired) electrons. The number of anilines is 4. The van der Waals surface area contributed by atoms with E-state index in [1.807, 2.05) is 49.4 Å². The second kappa shape index (κ2) is 16.2. The summed E-state index contributed by atoms with van der Waals surface area (Å²) < 4.78 is 63.5. The van der Waals surface area contributed by atoms with Gasteiger partial charge in [0.15, 0.2) is 0 Å². The summed E-state index contributed by atoms with van der Waals surface area (Å²) in [7, 11) is 0. The number of carbonyl (C=O) groups is 4. The quantitative estimate of drug-likeness (QED) is 0.124. The van der Waals surface area contributed by atoms with E-state index in [-0.39, 0.29) is 11.8 Å². The molecule has 4 aromatic rings. The van der Waals surface area contributed by atoms with Crippen LogP contribution in [0.15, 0.2) is 73.1 Å². The normalized spacial score (nSPS) is 10.5. The summed E-state index contributed by atoms with van der Waals surface area (Å²) in [5, 5.41) is 24.0. The molecule has 2 amide bonds. The number of aliphatic carboxylic acids is 2. The lowest BCUT2D eigenvalue weighted by atomic mass is 10.1. The summed E-state index contributed by atoms with van der Waals surface area (Å²) in [5.41, 5.74) is 4.57. The van der Waals surface area contributed by atoms with Crippen LogP contribution >= 0.6 is 0 Å². The number of alkyl halides is 6. The van der Waals surface area contributed by atoms with Crippen molar-refractivity contribution in [3.63, 3.8) is 0 Å². The molecule has 17 heteroatoms. The zero-order chi connectivity index (χ0) is 35.4. The summed E-state index contributed by atoms with van der Waals surface area (Å²) >= 11 is 0. The first kappa shape index (κ1) is 37.0. The molecule has 246 valence electrons. The van der Waals surface area contributed by atoms with Gasteiger partial charge in [-0.2, -0.15) is 26.3 Å². The number of hydrogen-bond acceptors (Lipinski definition) is 7. The molecule has 11 nitrogen and oxygen atoms in total. The average molecular weight is 664 g/mol. The molecule has 4 rings (SSSR count). The average Bonchev–Trinajstić information content (AvgIpc) is 2.97. The van der Waals surface area contributed by atoms with E-state index in [1.165, 1.54) is 0 Å². The molecule has 2 aromatic carbocycles. The summed E-state index contributed by atoms with van der Waals surface area (Å²) in [6.07, 6.45) is -6.80. The Morgan fingerprint density at radius 2 is 1.30 bits per heavy atom. The number of aryl methyl sites for hydroxylation is 1. The van der Waals surface area contributed by atoms with Crippen LogP contribution in [0.4, 0.5) is 49.2 Å². The lowest BCUT2D eigenvalue weighted by Gasteiger charge is -2.11. The van der Waals surface area contributed by atoms with Crippen molar-refractivity contribution in [3.05, 3.63) is 84.2 Å². The van der Waals surface area contributed by atoms with Crippen molar-refractivity contribution >= 4 is 57.5 Å². The van der Waals surface area contributed by atoms with E-state index in [0.717, 1.165) is 27.8 Å². The molecule has 0 aliphatic carbocycles. The Kier molecular flexibility index (Phi) is 12.8. The van der Waals surface area contributed by atoms with Gasteiger partial charge < -0.3 is 26.2 Å². The minimum atomic E-state index is -5.08. The number of carboxylic acids is 2. The topological polar surface area (TPSA) is 171 Å². The van der Waals surface area contributed by atoms with Crippen LogP contribution in [0.5, 0.6) is 0 Å². The summed E-state index contributed by atoms with van der Waals surface area (Å²) in [5.74, 6) is -0.564. The Hall–Kier alpha value is -6.18. The maximum Gasteiger partial charge on any atom is 0.490 e. The molecule has 0 spiro atoms. The molecule has 0 atom stereocenters. The second-order valence-electron chi connectivity index (χ2n) is 8.90. The number of aromatic nitrogens is 2. The first-order valence-electron chi connectivity index (χ1n) is 12.7. The van der Waals surface area contributed by atoms with Crippen molar-refractivity contribution in [3.8, 4) is 11.8 Å². The molecule has 0 saturated heterocycles. The highest BCUT2D eigenvalue weighted by atomic mass is 19.4. The van der Waals surface area contributed by atoms with E-state index in [2.05, 4.69) is 37.8 Å². The number of pyridine rings is 2. The van der Waals surface area contributed by atoms with Gasteiger partial charge in [0, 0.05) is 40.4 Å². The van der Waals surface area contributed by atoms with Crippen LogP contribution in [-0.2, 0) is 14.4 Å². The van der Waals surface area contributed by atoms with Gasteiger partial charge in [-0.25, -0.2) is 14.6 Å². The number of halogens is 6. The van der Waals surface area contributed by atoms with Crippen LogP contribution in [0, 0.1) is 18.8 Å². The number of benzene rings is 2. The third-order valence-corrected chi connectivity index (χ3v) is 5.31. The van der Waals surface area contributed by atoms with Crippen LogP contribution in [-0.4, -0.2) is 56.3 Å². The van der Waals surface area contributed by atoms with Crippen molar-refractivity contribution in [2.45, 2.75) is 26.2 Å². The highest BCUT2D eigenvalue weighted by Gasteiger charge is 2.38. The summed E-state index contributed by atoms with van der Waals surface area (Å²) in [6, 6.07) is 18.1. The first-order valence-corrected chi connectivity index (χ1v) is 12.7. The second-order valence-corrected chi connectivity index (χ2v) is 8.90. The molecule has 0 bridgehead atoms. The number of hydrogen-bond donors (Lipinski definition) is 5. The van der Waals surface area contributed by atoms with Gasteiger partial charge in [-0.15, -0.1) is 0 Å². The Labute approximate surface area is 261 Å². The zero-order valence-electron chi connectivity index (χ0n) is 24.1. The standard InChI is InChI=1S/C26H21N5O2.2C2HF3O2/c1-3-4-25(32)30-20-9-10-22-21(16-20)23(12-14-27-22)29-19-7-5-18(6-8-19)26(33)31-24-15-17(2)11-13-28-24;2*3-2(4,5)1(6)7/h5-16H,1-2H3,(H,27,29)(H,30,32)(H,28,31,33);2*(H,6,7). The highest BCUT2D eigenvalue weighted by Crippen LogP contribution is 2.28. The Morgan fingerprint density at radius 3 is 1.83 bits per heavy atom. The van der Waals surface area contributed by atoms with Gasteiger partial charge in [-0.3, -0.25) is 14.6 Å². The third-order valence-electron chi connectivity index (χ3n) is 5.31. The zero-order valence-corrected chi connectivity index (χ0v) is 24.1. The molecule has 0 aliphatic rings. The highest BCUT2D eigenvalue weighted by molar-refractivity contribution is 6.06. The first-order chi connectivity index (χ1) is 21.9. The summed E-state index contributed by atoms with van der Waals surface area (Å²) in [6.45, 7) is 3.55. The fraction of sp³-hybridized carbons (Fsp3) is 0.133. The van der Waals surface area contributed by atoms with E-state index in [1.54, 1.807) is 37.5 Å². The Bertz CT molecular complexity index is 1790. The predicted octanol–water partition coefficient (Wildman–Crippen LogP) is 6.16. The van der Waals surface area contributed by atoms with Crippen LogP contribution in [0.25, 0.3) is 10.9 Å². The largest absolute Gasteiger partial charge is 0.490 e. The van der Waals surface area contributed by atoms with Crippen LogP contribution in [0.1, 0.15) is 22.8 Å². The molecular weight excluding hydrogens is 640 g/mol. The van der Waals surface area contributed by atoms with Crippen LogP contribution in [0.3, 0.4) is 0 Å². The van der Waals surface area contributed by atoms with Crippen molar-refractivity contribution in [2.75, 3.05) is 16.0 Å². The van der Waals surface area contributed by atoms with E-state index in [4.69, 9.17) is 19.8 Å². The van der Waals surface area contributed by atoms with Gasteiger partial charge in [-0.1, -0.05) is 5.92 Å². The SMILES string of the molecule is CC#CC(=O)Nc1ccc2nccc(Nc3ccc(C(=O)Nc4cc(C)ccn4)cc3)c2c1.O=C(O)C(F)(F)F.O=C(O)C(F)(F)F. The number of carboxylic acid groups (broad SMARTS) is 2. The number of amides is 2. The molecular formula is C30H23F6N5O6. The molecule has 0 aliphatic heterocycles. The molecule has 47 heavy (non-hydrogen) atoms. The summed E-state index contributed by atoms with van der Waals surface area (Å²) in [4.78, 5) is 50.6. The fourth-order valence-corrected chi connectivity index (χ4v) is 3.26. The van der Waals surface area contributed by atoms with Gasteiger partial charge in [-0.05, 0) is 86.0 Å². The van der Waals surface area contributed by atoms with Gasteiger partial charge in [0.2, 0.25) is 0 Å².